The van der Waals surface area contributed by atoms with Crippen molar-refractivity contribution in [2.24, 2.45) is 0 Å². The molecule has 0 spiro atoms. The van der Waals surface area contributed by atoms with Gasteiger partial charge in [-0.05, 0) is 49.7 Å². The third-order valence-electron chi connectivity index (χ3n) is 4.16. The van der Waals surface area contributed by atoms with E-state index in [0.717, 1.165) is 0 Å². The van der Waals surface area contributed by atoms with Crippen LogP contribution in [0.3, 0.4) is 0 Å². The minimum atomic E-state index is -4.45. The number of hydrogen-bond donors (Lipinski definition) is 1. The average molecular weight is 471 g/mol. The molecule has 0 aliphatic heterocycles. The van der Waals surface area contributed by atoms with E-state index in [-0.39, 0.29) is 40.1 Å². The molecule has 2 aromatic carbocycles. The van der Waals surface area contributed by atoms with Crippen LogP contribution in [0, 0.1) is 0 Å². The maximum atomic E-state index is 13.3. The average Bonchev–Trinajstić information content (AvgIpc) is 2.72. The van der Waals surface area contributed by atoms with Gasteiger partial charge in [0.15, 0.2) is 0 Å². The fraction of sp³-hybridized carbons (Fsp3) is 0.350. The Bertz CT molecular complexity index is 1130. The van der Waals surface area contributed by atoms with Gasteiger partial charge >= 0.3 is 0 Å². The van der Waals surface area contributed by atoms with Gasteiger partial charge in [-0.15, -0.1) is 0 Å². The number of hydrogen-bond acceptors (Lipinski definition) is 7. The van der Waals surface area contributed by atoms with Crippen molar-refractivity contribution < 1.29 is 31.1 Å². The molecular weight excluding hydrogens is 444 g/mol. The van der Waals surface area contributed by atoms with Gasteiger partial charge in [0.2, 0.25) is 5.91 Å². The molecule has 2 aromatic rings. The molecule has 0 saturated carbocycles. The second-order valence-corrected chi connectivity index (χ2v) is 10.4. The van der Waals surface area contributed by atoms with Gasteiger partial charge in [0.25, 0.3) is 20.0 Å². The molecule has 0 aromatic heterocycles. The molecule has 1 amide bonds. The summed E-state index contributed by atoms with van der Waals surface area (Å²) in [5.74, 6) is 0.204. The normalized spacial score (nSPS) is 11.9. The van der Waals surface area contributed by atoms with Crippen LogP contribution in [0.1, 0.15) is 27.2 Å². The third kappa shape index (κ3) is 5.54. The molecule has 11 heteroatoms. The highest BCUT2D eigenvalue weighted by atomic mass is 32.3. The summed E-state index contributed by atoms with van der Waals surface area (Å²) in [4.78, 5) is 10.9. The zero-order valence-electron chi connectivity index (χ0n) is 17.8. The summed E-state index contributed by atoms with van der Waals surface area (Å²) in [5.41, 5.74) is 0.269. The Morgan fingerprint density at radius 1 is 0.968 bits per heavy atom. The maximum Gasteiger partial charge on any atom is 0.256 e. The smallest absolute Gasteiger partial charge is 0.256 e. The van der Waals surface area contributed by atoms with Crippen molar-refractivity contribution in [3.05, 3.63) is 42.5 Å². The highest BCUT2D eigenvalue weighted by molar-refractivity contribution is 8.04. The first kappa shape index (κ1) is 24.6. The molecule has 2 rings (SSSR count). The van der Waals surface area contributed by atoms with Crippen LogP contribution in [0.5, 0.6) is 11.5 Å². The van der Waals surface area contributed by atoms with E-state index in [1.54, 1.807) is 13.8 Å². The quantitative estimate of drug-likeness (QED) is 0.567. The lowest BCUT2D eigenvalue weighted by Gasteiger charge is -2.22. The minimum absolute atomic E-state index is 0.0891. The monoisotopic (exact) mass is 470 g/mol. The molecule has 0 aliphatic rings. The van der Waals surface area contributed by atoms with Gasteiger partial charge in [0.1, 0.15) is 11.5 Å². The first-order chi connectivity index (χ1) is 14.6. The molecule has 0 bridgehead atoms. The predicted octanol–water partition coefficient (Wildman–Crippen LogP) is 2.84. The summed E-state index contributed by atoms with van der Waals surface area (Å²) >= 11 is 0. The highest BCUT2D eigenvalue weighted by Crippen LogP contribution is 2.31. The lowest BCUT2D eigenvalue weighted by Crippen LogP contribution is -2.37. The number of carbonyl (C=O) groups is 1. The Labute approximate surface area is 183 Å². The highest BCUT2D eigenvalue weighted by Gasteiger charge is 2.36. The SMILES string of the molecule is CCCN(S(=O)(=O)c1ccc(OCC)cc1)S(=O)(=O)c1ccc(NC(C)=O)c(OC)c1. The fourth-order valence-electron chi connectivity index (χ4n) is 2.79. The van der Waals surface area contributed by atoms with Crippen LogP contribution in [0.4, 0.5) is 5.69 Å². The number of amides is 1. The van der Waals surface area contributed by atoms with Crippen molar-refractivity contribution in [2.75, 3.05) is 25.6 Å². The van der Waals surface area contributed by atoms with Crippen molar-refractivity contribution in [1.82, 2.24) is 3.71 Å². The summed E-state index contributed by atoms with van der Waals surface area (Å²) in [7, 11) is -7.50. The molecule has 0 heterocycles. The predicted molar refractivity (Wildman–Crippen MR) is 116 cm³/mol. The third-order valence-corrected chi connectivity index (χ3v) is 8.49. The molecule has 0 saturated heterocycles. The number of carbonyl (C=O) groups excluding carboxylic acids is 1. The number of sulfonamides is 2. The van der Waals surface area contributed by atoms with Gasteiger partial charge in [-0.2, -0.15) is 0 Å². The summed E-state index contributed by atoms with van der Waals surface area (Å²) < 4.78 is 63.9. The van der Waals surface area contributed by atoms with E-state index in [9.17, 15) is 21.6 Å². The van der Waals surface area contributed by atoms with Gasteiger partial charge in [-0.3, -0.25) is 4.79 Å². The van der Waals surface area contributed by atoms with Crippen molar-refractivity contribution in [3.8, 4) is 11.5 Å². The Balaban J connectivity index is 2.52. The van der Waals surface area contributed by atoms with Gasteiger partial charge in [-0.1, -0.05) is 10.6 Å². The van der Waals surface area contributed by atoms with Crippen LogP contribution in [-0.2, 0) is 24.8 Å². The number of nitrogens with zero attached hydrogens (tertiary/aromatic N) is 1. The van der Waals surface area contributed by atoms with E-state index in [4.69, 9.17) is 9.47 Å². The van der Waals surface area contributed by atoms with Gasteiger partial charge < -0.3 is 14.8 Å². The van der Waals surface area contributed by atoms with Gasteiger partial charge in [0, 0.05) is 19.5 Å². The number of rotatable bonds is 10. The van der Waals surface area contributed by atoms with E-state index in [1.165, 1.54) is 56.5 Å². The topological polar surface area (TPSA) is 119 Å². The van der Waals surface area contributed by atoms with Crippen LogP contribution >= 0.6 is 0 Å². The van der Waals surface area contributed by atoms with E-state index >= 15 is 0 Å². The molecule has 9 nitrogen and oxygen atoms in total. The second kappa shape index (κ2) is 10.1. The standard InChI is InChI=1S/C20H26N2O7S2/c1-5-13-22(30(24,25)17-9-7-16(8-10-17)29-6-2)31(26,27)18-11-12-19(21-15(3)23)20(14-18)28-4/h7-12,14H,5-6,13H2,1-4H3,(H,21,23). The second-order valence-electron chi connectivity index (χ2n) is 6.45. The Morgan fingerprint density at radius 3 is 2.06 bits per heavy atom. The Morgan fingerprint density at radius 2 is 1.55 bits per heavy atom. The molecule has 0 fully saturated rings. The zero-order chi connectivity index (χ0) is 23.2. The Kier molecular flexibility index (Phi) is 8.04. The van der Waals surface area contributed by atoms with Gasteiger partial charge in [0.05, 0.1) is 29.2 Å². The summed E-state index contributed by atoms with van der Waals surface area (Å²) in [6, 6.07) is 9.30. The van der Waals surface area contributed by atoms with Crippen LogP contribution in [0.15, 0.2) is 52.3 Å². The van der Waals surface area contributed by atoms with Crippen LogP contribution in [0.25, 0.3) is 0 Å². The van der Waals surface area contributed by atoms with Crippen LogP contribution in [0.2, 0.25) is 0 Å². The molecule has 0 radical (unpaired) electrons. The largest absolute Gasteiger partial charge is 0.495 e. The fourth-order valence-corrected chi connectivity index (χ4v) is 6.63. The van der Waals surface area contributed by atoms with Crippen molar-refractivity contribution in [3.63, 3.8) is 0 Å². The molecule has 31 heavy (non-hydrogen) atoms. The first-order valence-corrected chi connectivity index (χ1v) is 12.4. The molecule has 1 N–H and O–H groups in total. The number of benzene rings is 2. The van der Waals surface area contributed by atoms with Crippen LogP contribution < -0.4 is 14.8 Å². The number of ether oxygens (including phenoxy) is 2. The summed E-state index contributed by atoms with van der Waals surface area (Å²) in [5, 5.41) is 2.53. The number of methoxy groups -OCH3 is 1. The minimum Gasteiger partial charge on any atom is -0.495 e. The lowest BCUT2D eigenvalue weighted by atomic mass is 10.3. The van der Waals surface area contributed by atoms with E-state index in [0.29, 0.717) is 16.1 Å². The molecule has 0 unspecified atom stereocenters. The first-order valence-electron chi connectivity index (χ1n) is 9.54. The number of nitrogens with one attached hydrogen (secondary N) is 1. The van der Waals surface area contributed by atoms with E-state index in [2.05, 4.69) is 5.32 Å². The van der Waals surface area contributed by atoms with Gasteiger partial charge in [-0.25, -0.2) is 16.8 Å². The van der Waals surface area contributed by atoms with E-state index < -0.39 is 20.0 Å². The van der Waals surface area contributed by atoms with E-state index in [1.807, 2.05) is 0 Å². The lowest BCUT2D eigenvalue weighted by molar-refractivity contribution is -0.114. The Hall–Kier alpha value is -2.63. The molecular formula is C20H26N2O7S2. The van der Waals surface area contributed by atoms with Crippen molar-refractivity contribution in [1.29, 1.82) is 0 Å². The summed E-state index contributed by atoms with van der Waals surface area (Å²) in [6.45, 7) is 4.95. The zero-order valence-corrected chi connectivity index (χ0v) is 19.4. The molecule has 170 valence electrons. The van der Waals surface area contributed by atoms with Crippen LogP contribution in [-0.4, -0.2) is 46.7 Å². The maximum absolute atomic E-state index is 13.3. The summed E-state index contributed by atoms with van der Waals surface area (Å²) in [6.07, 6.45) is 0.274. The molecule has 0 atom stereocenters. The number of anilines is 1. The molecule has 0 aliphatic carbocycles. The van der Waals surface area contributed by atoms with Crippen molar-refractivity contribution >= 4 is 31.6 Å². The van der Waals surface area contributed by atoms with Crippen molar-refractivity contribution in [2.45, 2.75) is 37.0 Å².